The van der Waals surface area contributed by atoms with Crippen molar-refractivity contribution in [1.82, 2.24) is 4.57 Å². The minimum atomic E-state index is 0.590. The summed E-state index contributed by atoms with van der Waals surface area (Å²) >= 11 is 0. The summed E-state index contributed by atoms with van der Waals surface area (Å²) in [7, 11) is 0. The number of rotatable bonds is 4. The molecule has 0 N–H and O–H groups in total. The fourth-order valence-corrected chi connectivity index (χ4v) is 2.75. The molecule has 0 aliphatic rings. The average molecular weight is 299 g/mol. The van der Waals surface area contributed by atoms with Gasteiger partial charge in [0.25, 0.3) is 0 Å². The summed E-state index contributed by atoms with van der Waals surface area (Å²) in [5, 5.41) is 1.25. The van der Waals surface area contributed by atoms with Crippen LogP contribution in [0.3, 0.4) is 0 Å². The first-order valence-corrected chi connectivity index (χ1v) is 7.73. The van der Waals surface area contributed by atoms with Gasteiger partial charge < -0.3 is 9.30 Å². The predicted molar refractivity (Wildman–Crippen MR) is 94.0 cm³/mol. The molecule has 0 saturated heterocycles. The molecule has 23 heavy (non-hydrogen) atoms. The Bertz CT molecular complexity index is 907. The molecule has 0 aliphatic heterocycles. The van der Waals surface area contributed by atoms with Crippen molar-refractivity contribution < 1.29 is 4.74 Å². The minimum Gasteiger partial charge on any atom is -0.489 e. The third-order valence-corrected chi connectivity index (χ3v) is 3.96. The van der Waals surface area contributed by atoms with Gasteiger partial charge in [0.05, 0.1) is 5.52 Å². The average Bonchev–Trinajstić information content (AvgIpc) is 3.05. The summed E-state index contributed by atoms with van der Waals surface area (Å²) in [6.45, 7) is 0.590. The highest BCUT2D eigenvalue weighted by molar-refractivity contribution is 5.81. The molecule has 2 heteroatoms. The predicted octanol–water partition coefficient (Wildman–Crippen LogP) is 5.21. The second-order valence-electron chi connectivity index (χ2n) is 5.51. The topological polar surface area (TPSA) is 14.2 Å². The highest BCUT2D eigenvalue weighted by atomic mass is 16.5. The van der Waals surface area contributed by atoms with Gasteiger partial charge in [0.15, 0.2) is 0 Å². The zero-order valence-corrected chi connectivity index (χ0v) is 12.7. The zero-order valence-electron chi connectivity index (χ0n) is 12.7. The van der Waals surface area contributed by atoms with E-state index in [-0.39, 0.29) is 0 Å². The summed E-state index contributed by atoms with van der Waals surface area (Å²) in [6.07, 6.45) is 2.10. The lowest BCUT2D eigenvalue weighted by Crippen LogP contribution is -1.96. The van der Waals surface area contributed by atoms with E-state index in [2.05, 4.69) is 65.4 Å². The van der Waals surface area contributed by atoms with Gasteiger partial charge in [0.1, 0.15) is 12.4 Å². The molecule has 1 aromatic heterocycles. The minimum absolute atomic E-state index is 0.590. The van der Waals surface area contributed by atoms with Crippen LogP contribution in [-0.2, 0) is 6.61 Å². The molecule has 0 atom stereocenters. The molecule has 0 aliphatic carbocycles. The van der Waals surface area contributed by atoms with Crippen LogP contribution in [-0.4, -0.2) is 4.57 Å². The van der Waals surface area contributed by atoms with Crippen LogP contribution in [0.4, 0.5) is 0 Å². The fourth-order valence-electron chi connectivity index (χ4n) is 2.75. The molecular formula is C21H17NO. The summed E-state index contributed by atoms with van der Waals surface area (Å²) in [5.74, 6) is 0.883. The number of para-hydroxylation sites is 1. The van der Waals surface area contributed by atoms with Crippen molar-refractivity contribution >= 4 is 10.9 Å². The normalized spacial score (nSPS) is 10.8. The molecule has 4 aromatic rings. The van der Waals surface area contributed by atoms with Gasteiger partial charge >= 0.3 is 0 Å². The van der Waals surface area contributed by atoms with E-state index in [9.17, 15) is 0 Å². The molecule has 112 valence electrons. The molecule has 3 aromatic carbocycles. The Hall–Kier alpha value is -3.00. The third-order valence-electron chi connectivity index (χ3n) is 3.96. The van der Waals surface area contributed by atoms with Crippen LogP contribution in [0.2, 0.25) is 0 Å². The van der Waals surface area contributed by atoms with Crippen molar-refractivity contribution in [3.05, 3.63) is 96.7 Å². The van der Waals surface area contributed by atoms with Crippen LogP contribution in [0, 0.1) is 0 Å². The van der Waals surface area contributed by atoms with Crippen LogP contribution in [0.5, 0.6) is 5.75 Å². The SMILES string of the molecule is c1ccc(COc2ccc(-n3ccc4ccccc43)cc2)cc1. The number of nitrogens with zero attached hydrogens (tertiary/aromatic N) is 1. The monoisotopic (exact) mass is 299 g/mol. The Labute approximate surface area is 135 Å². The standard InChI is InChI=1S/C21H17NO/c1-2-6-17(7-3-1)16-23-20-12-10-19(11-13-20)22-15-14-18-8-4-5-9-21(18)22/h1-15H,16H2. The molecule has 0 radical (unpaired) electrons. The van der Waals surface area contributed by atoms with E-state index >= 15 is 0 Å². The van der Waals surface area contributed by atoms with Crippen LogP contribution >= 0.6 is 0 Å². The number of benzene rings is 3. The highest BCUT2D eigenvalue weighted by Crippen LogP contribution is 2.22. The second-order valence-corrected chi connectivity index (χ2v) is 5.51. The first kappa shape index (κ1) is 13.6. The zero-order chi connectivity index (χ0) is 15.5. The second kappa shape index (κ2) is 6.01. The number of hydrogen-bond donors (Lipinski definition) is 0. The quantitative estimate of drug-likeness (QED) is 0.504. The van der Waals surface area contributed by atoms with Crippen molar-refractivity contribution in [2.45, 2.75) is 6.61 Å². The van der Waals surface area contributed by atoms with Gasteiger partial charge in [-0.3, -0.25) is 0 Å². The lowest BCUT2D eigenvalue weighted by Gasteiger charge is -2.09. The molecule has 2 nitrogen and oxygen atoms in total. The molecule has 1 heterocycles. The summed E-state index contributed by atoms with van der Waals surface area (Å²) < 4.78 is 8.03. The van der Waals surface area contributed by atoms with Gasteiger partial charge in [-0.15, -0.1) is 0 Å². The third kappa shape index (κ3) is 2.84. The molecule has 4 rings (SSSR count). The Morgan fingerprint density at radius 3 is 2.26 bits per heavy atom. The van der Waals surface area contributed by atoms with E-state index in [1.54, 1.807) is 0 Å². The van der Waals surface area contributed by atoms with Gasteiger partial charge in [-0.1, -0.05) is 48.5 Å². The van der Waals surface area contributed by atoms with Crippen molar-refractivity contribution in [2.24, 2.45) is 0 Å². The first-order chi connectivity index (χ1) is 11.4. The van der Waals surface area contributed by atoms with Crippen LogP contribution < -0.4 is 4.74 Å². The number of aromatic nitrogens is 1. The van der Waals surface area contributed by atoms with Gasteiger partial charge in [-0.2, -0.15) is 0 Å². The number of ether oxygens (including phenoxy) is 1. The molecule has 0 amide bonds. The largest absolute Gasteiger partial charge is 0.489 e. The molecule has 0 fully saturated rings. The Balaban J connectivity index is 1.54. The van der Waals surface area contributed by atoms with Gasteiger partial charge in [0, 0.05) is 11.9 Å². The van der Waals surface area contributed by atoms with E-state index in [0.717, 1.165) is 11.4 Å². The summed E-state index contributed by atoms with van der Waals surface area (Å²) in [6, 6.07) is 29.0. The van der Waals surface area contributed by atoms with Crippen molar-refractivity contribution in [3.63, 3.8) is 0 Å². The van der Waals surface area contributed by atoms with Crippen LogP contribution in [0.15, 0.2) is 91.1 Å². The van der Waals surface area contributed by atoms with E-state index in [1.165, 1.54) is 16.5 Å². The van der Waals surface area contributed by atoms with Crippen molar-refractivity contribution in [1.29, 1.82) is 0 Å². The smallest absolute Gasteiger partial charge is 0.119 e. The fraction of sp³-hybridized carbons (Fsp3) is 0.0476. The van der Waals surface area contributed by atoms with E-state index in [1.807, 2.05) is 30.3 Å². The summed E-state index contributed by atoms with van der Waals surface area (Å²) in [4.78, 5) is 0. The Morgan fingerprint density at radius 1 is 0.696 bits per heavy atom. The van der Waals surface area contributed by atoms with Gasteiger partial charge in [0.2, 0.25) is 0 Å². The van der Waals surface area contributed by atoms with E-state index in [0.29, 0.717) is 6.61 Å². The summed E-state index contributed by atoms with van der Waals surface area (Å²) in [5.41, 5.74) is 3.52. The van der Waals surface area contributed by atoms with E-state index in [4.69, 9.17) is 4.74 Å². The molecule has 0 unspecified atom stereocenters. The molecule has 0 spiro atoms. The van der Waals surface area contributed by atoms with Crippen molar-refractivity contribution in [2.75, 3.05) is 0 Å². The lowest BCUT2D eigenvalue weighted by molar-refractivity contribution is 0.306. The number of hydrogen-bond acceptors (Lipinski definition) is 1. The maximum Gasteiger partial charge on any atom is 0.119 e. The van der Waals surface area contributed by atoms with Crippen LogP contribution in [0.1, 0.15) is 5.56 Å². The molecule has 0 saturated carbocycles. The van der Waals surface area contributed by atoms with Gasteiger partial charge in [-0.25, -0.2) is 0 Å². The highest BCUT2D eigenvalue weighted by Gasteiger charge is 2.03. The van der Waals surface area contributed by atoms with Crippen LogP contribution in [0.25, 0.3) is 16.6 Å². The number of fused-ring (bicyclic) bond motifs is 1. The Kier molecular flexibility index (Phi) is 3.57. The molecular weight excluding hydrogens is 282 g/mol. The maximum atomic E-state index is 5.84. The lowest BCUT2D eigenvalue weighted by atomic mass is 10.2. The first-order valence-electron chi connectivity index (χ1n) is 7.73. The maximum absolute atomic E-state index is 5.84. The van der Waals surface area contributed by atoms with E-state index < -0.39 is 0 Å². The van der Waals surface area contributed by atoms with Crippen molar-refractivity contribution in [3.8, 4) is 11.4 Å². The Morgan fingerprint density at radius 2 is 1.43 bits per heavy atom. The van der Waals surface area contributed by atoms with Gasteiger partial charge in [-0.05, 0) is 47.3 Å². The molecule has 0 bridgehead atoms.